The minimum Gasteiger partial charge on any atom is -0.477 e. The molecule has 2 unspecified atom stereocenters. The Morgan fingerprint density at radius 2 is 1.75 bits per heavy atom. The van der Waals surface area contributed by atoms with Crippen molar-refractivity contribution in [1.82, 2.24) is 14.9 Å². The molecule has 2 atom stereocenters. The van der Waals surface area contributed by atoms with Gasteiger partial charge in [-0.15, -0.1) is 0 Å². The fourth-order valence-electron chi connectivity index (χ4n) is 4.36. The minimum absolute atomic E-state index is 0.460. The number of pyridine rings is 2. The summed E-state index contributed by atoms with van der Waals surface area (Å²) in [4.78, 5) is 41.5. The molecule has 0 radical (unpaired) electrons. The average Bonchev–Trinajstić information content (AvgIpc) is 3.22. The number of nitrogens with one attached hydrogen (secondary N) is 1. The third-order valence-electron chi connectivity index (χ3n) is 6.05. The van der Waals surface area contributed by atoms with Crippen molar-refractivity contribution in [3.8, 4) is 5.69 Å². The predicted molar refractivity (Wildman–Crippen MR) is 129 cm³/mol. The van der Waals surface area contributed by atoms with Crippen LogP contribution in [0.15, 0.2) is 35.3 Å². The first-order valence-electron chi connectivity index (χ1n) is 11.7. The van der Waals surface area contributed by atoms with Gasteiger partial charge in [-0.1, -0.05) is 0 Å². The van der Waals surface area contributed by atoms with E-state index in [9.17, 15) is 41.4 Å². The molecule has 1 aliphatic heterocycles. The second kappa shape index (κ2) is 10.0. The van der Waals surface area contributed by atoms with Crippen LogP contribution < -0.4 is 15.6 Å². The summed E-state index contributed by atoms with van der Waals surface area (Å²) in [6, 6.07) is 1.25. The SMILES string of the molecule is CC(C)(C)OC(=O)NC1CN(c2nc3c(cc2F)c(=O)c(C(=O)O)cn3-c2ccc(F)cc2F)CC1C(F)(F)F. The van der Waals surface area contributed by atoms with Crippen LogP contribution in [0.25, 0.3) is 16.7 Å². The summed E-state index contributed by atoms with van der Waals surface area (Å²) in [5, 5.41) is 11.0. The topological polar surface area (TPSA) is 114 Å². The number of carbonyl (C=O) groups excluding carboxylic acids is 1. The van der Waals surface area contributed by atoms with Crippen LogP contribution in [0, 0.1) is 23.4 Å². The highest BCUT2D eigenvalue weighted by atomic mass is 19.4. The van der Waals surface area contributed by atoms with Crippen molar-refractivity contribution in [2.45, 2.75) is 38.6 Å². The van der Waals surface area contributed by atoms with Crippen LogP contribution in [0.1, 0.15) is 31.1 Å². The average molecular weight is 572 g/mol. The molecule has 0 bridgehead atoms. The van der Waals surface area contributed by atoms with Crippen molar-refractivity contribution in [2.24, 2.45) is 5.92 Å². The molecular formula is C25H22F6N4O5. The summed E-state index contributed by atoms with van der Waals surface area (Å²) in [6.45, 7) is 3.14. The van der Waals surface area contributed by atoms with Crippen molar-refractivity contribution >= 4 is 28.9 Å². The summed E-state index contributed by atoms with van der Waals surface area (Å²) >= 11 is 0. The molecule has 0 aliphatic carbocycles. The molecule has 0 saturated carbocycles. The third kappa shape index (κ3) is 5.67. The predicted octanol–water partition coefficient (Wildman–Crippen LogP) is 4.39. The van der Waals surface area contributed by atoms with Gasteiger partial charge in [-0.3, -0.25) is 9.36 Å². The number of hydrogen-bond acceptors (Lipinski definition) is 6. The zero-order chi connectivity index (χ0) is 29.7. The van der Waals surface area contributed by atoms with Crippen LogP contribution in [0.2, 0.25) is 0 Å². The van der Waals surface area contributed by atoms with Crippen molar-refractivity contribution in [2.75, 3.05) is 18.0 Å². The molecule has 3 heterocycles. The first-order chi connectivity index (χ1) is 18.5. The molecule has 0 spiro atoms. The van der Waals surface area contributed by atoms with Gasteiger partial charge >= 0.3 is 18.2 Å². The number of carboxylic acid groups (broad SMARTS) is 1. The Bertz CT molecular complexity index is 1570. The molecule has 1 aliphatic rings. The van der Waals surface area contributed by atoms with E-state index in [0.717, 1.165) is 21.6 Å². The summed E-state index contributed by atoms with van der Waals surface area (Å²) in [6.07, 6.45) is -5.24. The summed E-state index contributed by atoms with van der Waals surface area (Å²) < 4.78 is 90.9. The van der Waals surface area contributed by atoms with E-state index in [-0.39, 0.29) is 0 Å². The molecule has 9 nitrogen and oxygen atoms in total. The lowest BCUT2D eigenvalue weighted by Gasteiger charge is -2.25. The highest BCUT2D eigenvalue weighted by molar-refractivity contribution is 5.92. The van der Waals surface area contributed by atoms with Gasteiger partial charge in [0.05, 0.1) is 23.0 Å². The Morgan fingerprint density at radius 1 is 1.07 bits per heavy atom. The number of halogens is 6. The lowest BCUT2D eigenvalue weighted by Crippen LogP contribution is -2.47. The number of nitrogens with zero attached hydrogens (tertiary/aromatic N) is 3. The standard InChI is InChI=1S/C25H22F6N4O5/c1-24(2,3)40-23(39)32-17-10-34(9-14(17)25(29,30)31)21-16(28)7-12-19(36)13(22(37)38)8-35(20(12)33-21)18-5-4-11(26)6-15(18)27/h4-8,14,17H,9-10H2,1-3H3,(H,32,39)(H,37,38). The van der Waals surface area contributed by atoms with E-state index in [1.54, 1.807) is 0 Å². The van der Waals surface area contributed by atoms with Gasteiger partial charge in [-0.05, 0) is 39.0 Å². The number of aromatic carboxylic acids is 1. The number of anilines is 1. The molecule has 2 aromatic heterocycles. The highest BCUT2D eigenvalue weighted by Gasteiger charge is 2.51. The minimum atomic E-state index is -4.82. The lowest BCUT2D eigenvalue weighted by molar-refractivity contribution is -0.173. The normalized spacial score (nSPS) is 17.8. The molecule has 3 aromatic rings. The maximum atomic E-state index is 15.3. The first-order valence-corrected chi connectivity index (χ1v) is 11.7. The van der Waals surface area contributed by atoms with Crippen LogP contribution in [0.3, 0.4) is 0 Å². The van der Waals surface area contributed by atoms with E-state index in [1.165, 1.54) is 20.8 Å². The van der Waals surface area contributed by atoms with Crippen LogP contribution in [-0.2, 0) is 4.74 Å². The quantitative estimate of drug-likeness (QED) is 0.446. The number of aromatic nitrogens is 2. The van der Waals surface area contributed by atoms with Gasteiger partial charge in [-0.2, -0.15) is 13.2 Å². The molecule has 1 aromatic carbocycles. The number of carboxylic acids is 1. The third-order valence-corrected chi connectivity index (χ3v) is 6.05. The van der Waals surface area contributed by atoms with E-state index in [1.807, 2.05) is 0 Å². The Labute approximate surface area is 222 Å². The van der Waals surface area contributed by atoms with Gasteiger partial charge in [0.1, 0.15) is 22.8 Å². The van der Waals surface area contributed by atoms with Gasteiger partial charge in [-0.25, -0.2) is 27.7 Å². The zero-order valence-electron chi connectivity index (χ0n) is 21.1. The number of amides is 1. The summed E-state index contributed by atoms with van der Waals surface area (Å²) in [5.74, 6) is -7.98. The number of benzene rings is 1. The molecule has 4 rings (SSSR count). The van der Waals surface area contributed by atoms with E-state index in [0.29, 0.717) is 18.3 Å². The second-order valence-electron chi connectivity index (χ2n) is 10.1. The van der Waals surface area contributed by atoms with Crippen LogP contribution in [-0.4, -0.2) is 57.6 Å². The number of carbonyl (C=O) groups is 2. The van der Waals surface area contributed by atoms with Gasteiger partial charge < -0.3 is 20.1 Å². The number of alkyl carbamates (subject to hydrolysis) is 1. The molecule has 40 heavy (non-hydrogen) atoms. The first kappa shape index (κ1) is 28.7. The van der Waals surface area contributed by atoms with Crippen molar-refractivity contribution in [3.05, 3.63) is 63.7 Å². The van der Waals surface area contributed by atoms with Crippen molar-refractivity contribution in [1.29, 1.82) is 0 Å². The van der Waals surface area contributed by atoms with Gasteiger partial charge in [0.25, 0.3) is 0 Å². The van der Waals surface area contributed by atoms with Crippen molar-refractivity contribution < 1.29 is 45.8 Å². The maximum Gasteiger partial charge on any atom is 0.407 e. The van der Waals surface area contributed by atoms with E-state index < -0.39 is 99.9 Å². The second-order valence-corrected chi connectivity index (χ2v) is 10.1. The Hall–Kier alpha value is -4.30. The maximum absolute atomic E-state index is 15.3. The number of ether oxygens (including phenoxy) is 1. The Balaban J connectivity index is 1.84. The molecule has 1 saturated heterocycles. The smallest absolute Gasteiger partial charge is 0.407 e. The largest absolute Gasteiger partial charge is 0.477 e. The number of hydrogen-bond donors (Lipinski definition) is 2. The summed E-state index contributed by atoms with van der Waals surface area (Å²) in [5.41, 5.74) is -4.03. The van der Waals surface area contributed by atoms with E-state index in [2.05, 4.69) is 10.3 Å². The summed E-state index contributed by atoms with van der Waals surface area (Å²) in [7, 11) is 0. The monoisotopic (exact) mass is 572 g/mol. The van der Waals surface area contributed by atoms with E-state index in [4.69, 9.17) is 4.74 Å². The number of alkyl halides is 3. The van der Waals surface area contributed by atoms with Gasteiger partial charge in [0.2, 0.25) is 5.43 Å². The Kier molecular flexibility index (Phi) is 7.19. The molecule has 2 N–H and O–H groups in total. The van der Waals surface area contributed by atoms with Crippen LogP contribution in [0.4, 0.5) is 37.0 Å². The molecule has 1 fully saturated rings. The molecule has 15 heteroatoms. The molecule has 214 valence electrons. The zero-order valence-corrected chi connectivity index (χ0v) is 21.1. The van der Waals surface area contributed by atoms with Gasteiger partial charge in [0.15, 0.2) is 17.3 Å². The van der Waals surface area contributed by atoms with E-state index >= 15 is 4.39 Å². The highest BCUT2D eigenvalue weighted by Crippen LogP contribution is 2.37. The van der Waals surface area contributed by atoms with Crippen molar-refractivity contribution in [3.63, 3.8) is 0 Å². The van der Waals surface area contributed by atoms with Gasteiger partial charge in [0, 0.05) is 25.4 Å². The van der Waals surface area contributed by atoms with Crippen LogP contribution >= 0.6 is 0 Å². The number of rotatable bonds is 4. The fraction of sp³-hybridized carbons (Fsp3) is 0.360. The number of fused-ring (bicyclic) bond motifs is 1. The van der Waals surface area contributed by atoms with Crippen LogP contribution in [0.5, 0.6) is 0 Å². The molecule has 1 amide bonds. The lowest BCUT2D eigenvalue weighted by atomic mass is 10.0. The molecular weight excluding hydrogens is 550 g/mol. The fourth-order valence-corrected chi connectivity index (χ4v) is 4.36. The Morgan fingerprint density at radius 3 is 2.33 bits per heavy atom.